The average molecular weight is 569 g/mol. The molecule has 0 N–H and O–H groups in total. The number of nitrogens with zero attached hydrogens (tertiary/aromatic N) is 4. The summed E-state index contributed by atoms with van der Waals surface area (Å²) in [6.07, 6.45) is 10.3. The Morgan fingerprint density at radius 2 is 1.29 bits per heavy atom. The van der Waals surface area contributed by atoms with E-state index in [1.807, 2.05) is 12.1 Å². The van der Waals surface area contributed by atoms with Gasteiger partial charge in [0.25, 0.3) is 0 Å². The molecule has 41 heavy (non-hydrogen) atoms. The quantitative estimate of drug-likeness (QED) is 0.236. The van der Waals surface area contributed by atoms with Gasteiger partial charge < -0.3 is 29.1 Å². The smallest absolute Gasteiger partial charge is 0.410 e. The highest BCUT2D eigenvalue weighted by Gasteiger charge is 2.26. The molecular weight excluding hydrogens is 516 g/mol. The molecule has 3 rings (SSSR count). The van der Waals surface area contributed by atoms with Crippen LogP contribution in [-0.4, -0.2) is 98.2 Å². The van der Waals surface area contributed by atoms with Crippen molar-refractivity contribution in [3.63, 3.8) is 0 Å². The summed E-state index contributed by atoms with van der Waals surface area (Å²) in [5.41, 5.74) is 4.33. The molecule has 2 heterocycles. The summed E-state index contributed by atoms with van der Waals surface area (Å²) in [6.45, 7) is 14.4. The minimum absolute atomic E-state index is 0.342. The fourth-order valence-electron chi connectivity index (χ4n) is 5.04. The van der Waals surface area contributed by atoms with E-state index < -0.39 is 0 Å². The van der Waals surface area contributed by atoms with Crippen molar-refractivity contribution in [2.45, 2.75) is 72.6 Å². The third-order valence-corrected chi connectivity index (χ3v) is 7.96. The molecular formula is C33H52N4O4. The molecule has 0 aromatic heterocycles. The first-order valence-electron chi connectivity index (χ1n) is 15.4. The van der Waals surface area contributed by atoms with Crippen molar-refractivity contribution < 1.29 is 19.1 Å². The number of ether oxygens (including phenoxy) is 2. The van der Waals surface area contributed by atoms with Crippen molar-refractivity contribution in [3.05, 3.63) is 46.6 Å². The van der Waals surface area contributed by atoms with Gasteiger partial charge in [0.15, 0.2) is 0 Å². The van der Waals surface area contributed by atoms with E-state index in [4.69, 9.17) is 9.47 Å². The summed E-state index contributed by atoms with van der Waals surface area (Å²) in [7, 11) is 4.13. The van der Waals surface area contributed by atoms with E-state index in [0.29, 0.717) is 44.1 Å². The summed E-state index contributed by atoms with van der Waals surface area (Å²) in [5, 5.41) is 0. The fraction of sp³-hybridized carbons (Fsp3) is 0.636. The molecule has 8 nitrogen and oxygen atoms in total. The zero-order chi connectivity index (χ0) is 29.8. The lowest BCUT2D eigenvalue weighted by Crippen LogP contribution is -2.48. The Labute approximate surface area is 247 Å². The molecule has 2 aliphatic heterocycles. The minimum Gasteiger partial charge on any atom is -0.410 e. The van der Waals surface area contributed by atoms with Crippen LogP contribution >= 0.6 is 0 Å². The predicted molar refractivity (Wildman–Crippen MR) is 166 cm³/mol. The van der Waals surface area contributed by atoms with Gasteiger partial charge in [-0.2, -0.15) is 0 Å². The number of unbranched alkanes of at least 4 members (excludes halogenated alkanes) is 2. The molecule has 1 aromatic rings. The summed E-state index contributed by atoms with van der Waals surface area (Å²) in [6, 6.07) is 3.97. The molecule has 2 amide bonds. The number of benzene rings is 1. The second-order valence-corrected chi connectivity index (χ2v) is 11.9. The van der Waals surface area contributed by atoms with Crippen LogP contribution in [0.25, 0.3) is 0 Å². The lowest BCUT2D eigenvalue weighted by Gasteiger charge is -2.32. The molecule has 0 aliphatic carbocycles. The average Bonchev–Trinajstić information content (AvgIpc) is 2.93. The maximum atomic E-state index is 13.3. The largest absolute Gasteiger partial charge is 0.415 e. The Bertz CT molecular complexity index is 1010. The first-order chi connectivity index (χ1) is 19.7. The second kappa shape index (κ2) is 16.6. The van der Waals surface area contributed by atoms with Crippen molar-refractivity contribution in [1.29, 1.82) is 0 Å². The molecule has 0 atom stereocenters. The van der Waals surface area contributed by atoms with E-state index in [2.05, 4.69) is 63.7 Å². The Hall–Kier alpha value is -2.84. The topological polar surface area (TPSA) is 65.6 Å². The maximum Gasteiger partial charge on any atom is 0.415 e. The molecule has 2 saturated heterocycles. The number of allylic oxidation sites excluding steroid dienone is 4. The Balaban J connectivity index is 1.92. The van der Waals surface area contributed by atoms with Gasteiger partial charge in [-0.1, -0.05) is 43.1 Å². The van der Waals surface area contributed by atoms with Crippen molar-refractivity contribution in [3.8, 4) is 11.5 Å². The highest BCUT2D eigenvalue weighted by atomic mass is 16.6. The van der Waals surface area contributed by atoms with Gasteiger partial charge in [-0.05, 0) is 84.7 Å². The van der Waals surface area contributed by atoms with Crippen LogP contribution in [0.1, 0.15) is 70.9 Å². The molecule has 228 valence electrons. The van der Waals surface area contributed by atoms with Gasteiger partial charge in [-0.3, -0.25) is 0 Å². The lowest BCUT2D eigenvalue weighted by molar-refractivity contribution is 0.118. The molecule has 2 fully saturated rings. The number of carbonyl (C=O) groups is 2. The van der Waals surface area contributed by atoms with Crippen LogP contribution in [0, 0.1) is 0 Å². The number of aryl methyl sites for hydroxylation is 1. The Kier molecular flexibility index (Phi) is 13.2. The molecule has 0 bridgehead atoms. The normalized spacial score (nSPS) is 17.0. The van der Waals surface area contributed by atoms with E-state index in [0.717, 1.165) is 75.8 Å². The number of carbonyl (C=O) groups excluding carboxylic acids is 2. The molecule has 0 radical (unpaired) electrons. The van der Waals surface area contributed by atoms with Gasteiger partial charge in [-0.15, -0.1) is 0 Å². The molecule has 1 aromatic carbocycles. The predicted octanol–water partition coefficient (Wildman–Crippen LogP) is 6.15. The van der Waals surface area contributed by atoms with E-state index >= 15 is 0 Å². The van der Waals surface area contributed by atoms with Crippen molar-refractivity contribution in [1.82, 2.24) is 19.6 Å². The molecule has 0 spiro atoms. The molecule has 8 heteroatoms. The number of amides is 2. The van der Waals surface area contributed by atoms with Gasteiger partial charge in [0.2, 0.25) is 0 Å². The zero-order valence-corrected chi connectivity index (χ0v) is 26.3. The second-order valence-electron chi connectivity index (χ2n) is 11.9. The number of likely N-dealkylation sites (N-methyl/N-ethyl adjacent to an activating group) is 2. The molecule has 0 unspecified atom stereocenters. The highest BCUT2D eigenvalue weighted by molar-refractivity contribution is 5.74. The number of hydrogen-bond donors (Lipinski definition) is 0. The number of rotatable bonds is 11. The van der Waals surface area contributed by atoms with Crippen LogP contribution in [0.4, 0.5) is 9.59 Å². The maximum absolute atomic E-state index is 13.3. The van der Waals surface area contributed by atoms with E-state index in [1.54, 1.807) is 9.80 Å². The first-order valence-corrected chi connectivity index (χ1v) is 15.4. The SMILES string of the molecule is CCCCCc1cc(OC(=O)N2CCN(C)CC2)c(CC=C(C)CCC=C(C)C)c(OC(=O)N2CCN(C)CC2)c1. The van der Waals surface area contributed by atoms with Crippen LogP contribution in [0.15, 0.2) is 35.4 Å². The number of hydrogen-bond acceptors (Lipinski definition) is 6. The van der Waals surface area contributed by atoms with Gasteiger partial charge >= 0.3 is 12.2 Å². The van der Waals surface area contributed by atoms with E-state index in [-0.39, 0.29) is 12.2 Å². The van der Waals surface area contributed by atoms with Crippen molar-refractivity contribution in [2.75, 3.05) is 66.5 Å². The van der Waals surface area contributed by atoms with E-state index in [9.17, 15) is 9.59 Å². The first kappa shape index (κ1) is 32.7. The lowest BCUT2D eigenvalue weighted by atomic mass is 10.00. The third kappa shape index (κ3) is 10.8. The fourth-order valence-corrected chi connectivity index (χ4v) is 5.04. The van der Waals surface area contributed by atoms with Crippen LogP contribution in [-0.2, 0) is 12.8 Å². The Morgan fingerprint density at radius 1 is 0.780 bits per heavy atom. The minimum atomic E-state index is -0.342. The van der Waals surface area contributed by atoms with Gasteiger partial charge in [0.05, 0.1) is 0 Å². The third-order valence-electron chi connectivity index (χ3n) is 7.96. The summed E-state index contributed by atoms with van der Waals surface area (Å²) < 4.78 is 12.2. The van der Waals surface area contributed by atoms with Crippen LogP contribution in [0.5, 0.6) is 11.5 Å². The molecule has 2 aliphatic rings. The van der Waals surface area contributed by atoms with Crippen molar-refractivity contribution >= 4 is 12.2 Å². The highest BCUT2D eigenvalue weighted by Crippen LogP contribution is 2.34. The zero-order valence-electron chi connectivity index (χ0n) is 26.3. The van der Waals surface area contributed by atoms with Crippen molar-refractivity contribution in [2.24, 2.45) is 0 Å². The monoisotopic (exact) mass is 568 g/mol. The van der Waals surface area contributed by atoms with Gasteiger partial charge in [-0.25, -0.2) is 9.59 Å². The van der Waals surface area contributed by atoms with Crippen LogP contribution < -0.4 is 9.47 Å². The number of piperazine rings is 2. The summed E-state index contributed by atoms with van der Waals surface area (Å²) >= 11 is 0. The van der Waals surface area contributed by atoms with E-state index in [1.165, 1.54) is 11.1 Å². The van der Waals surface area contributed by atoms with Gasteiger partial charge in [0.1, 0.15) is 11.5 Å². The molecule has 0 saturated carbocycles. The summed E-state index contributed by atoms with van der Waals surface area (Å²) in [4.78, 5) is 34.5. The van der Waals surface area contributed by atoms with Gasteiger partial charge in [0, 0.05) is 57.9 Å². The Morgan fingerprint density at radius 3 is 1.76 bits per heavy atom. The standard InChI is InChI=1S/C33H52N4O4/c1-7-8-9-13-28-24-30(40-32(38)36-20-16-34(5)17-21-36)29(15-14-27(4)12-10-11-26(2)3)31(25-28)41-33(39)37-22-18-35(6)19-23-37/h11,14,24-25H,7-10,12-13,15-23H2,1-6H3. The van der Waals surface area contributed by atoms with Crippen LogP contribution in [0.3, 0.4) is 0 Å². The van der Waals surface area contributed by atoms with Crippen LogP contribution in [0.2, 0.25) is 0 Å². The summed E-state index contributed by atoms with van der Waals surface area (Å²) in [5.74, 6) is 0.995.